The van der Waals surface area contributed by atoms with Crippen molar-refractivity contribution in [2.75, 3.05) is 33.7 Å². The van der Waals surface area contributed by atoms with Crippen LogP contribution in [0, 0.1) is 13.8 Å². The lowest BCUT2D eigenvalue weighted by Crippen LogP contribution is -2.50. The predicted octanol–water partition coefficient (Wildman–Crippen LogP) is 2.12. The standard InChI is InChI=1S/C16H24N2O/c1-12-5-6-14(9-13(12)2)16(19)10-15-11-17(3)7-8-18(15)4/h5-6,9,15H,7-8,10-11H2,1-4H3. The van der Waals surface area contributed by atoms with Crippen molar-refractivity contribution in [3.05, 3.63) is 34.9 Å². The zero-order chi connectivity index (χ0) is 14.0. The van der Waals surface area contributed by atoms with Crippen molar-refractivity contribution in [3.8, 4) is 0 Å². The summed E-state index contributed by atoms with van der Waals surface area (Å²) in [6, 6.07) is 6.36. The van der Waals surface area contributed by atoms with Crippen molar-refractivity contribution in [1.82, 2.24) is 9.80 Å². The van der Waals surface area contributed by atoms with Gasteiger partial charge in [0.25, 0.3) is 0 Å². The van der Waals surface area contributed by atoms with E-state index in [1.54, 1.807) is 0 Å². The van der Waals surface area contributed by atoms with Gasteiger partial charge in [-0.3, -0.25) is 4.79 Å². The Morgan fingerprint density at radius 1 is 1.21 bits per heavy atom. The largest absolute Gasteiger partial charge is 0.304 e. The average Bonchev–Trinajstić information content (AvgIpc) is 2.37. The van der Waals surface area contributed by atoms with E-state index in [1.165, 1.54) is 11.1 Å². The molecule has 1 aliphatic heterocycles. The molecule has 1 aliphatic rings. The fraction of sp³-hybridized carbons (Fsp3) is 0.562. The maximum Gasteiger partial charge on any atom is 0.164 e. The Hall–Kier alpha value is -1.19. The van der Waals surface area contributed by atoms with Crippen molar-refractivity contribution < 1.29 is 4.79 Å². The molecule has 1 saturated heterocycles. The minimum Gasteiger partial charge on any atom is -0.304 e. The quantitative estimate of drug-likeness (QED) is 0.778. The summed E-state index contributed by atoms with van der Waals surface area (Å²) < 4.78 is 0. The summed E-state index contributed by atoms with van der Waals surface area (Å²) in [7, 11) is 4.24. The highest BCUT2D eigenvalue weighted by Gasteiger charge is 2.24. The van der Waals surface area contributed by atoms with E-state index < -0.39 is 0 Å². The van der Waals surface area contributed by atoms with Crippen molar-refractivity contribution in [1.29, 1.82) is 0 Å². The molecule has 104 valence electrons. The van der Waals surface area contributed by atoms with Crippen molar-refractivity contribution in [2.45, 2.75) is 26.3 Å². The van der Waals surface area contributed by atoms with Crippen molar-refractivity contribution in [2.24, 2.45) is 0 Å². The highest BCUT2D eigenvalue weighted by Crippen LogP contribution is 2.16. The van der Waals surface area contributed by atoms with E-state index in [2.05, 4.69) is 37.7 Å². The molecule has 0 saturated carbocycles. The average molecular weight is 260 g/mol. The molecule has 0 amide bonds. The smallest absolute Gasteiger partial charge is 0.164 e. The fourth-order valence-electron chi connectivity index (χ4n) is 2.57. The molecule has 1 aromatic carbocycles. The lowest BCUT2D eigenvalue weighted by atomic mass is 9.98. The lowest BCUT2D eigenvalue weighted by molar-refractivity contribution is 0.0810. The molecule has 0 radical (unpaired) electrons. The number of likely N-dealkylation sites (N-methyl/N-ethyl adjacent to an activating group) is 2. The molecule has 2 rings (SSSR count). The molecule has 19 heavy (non-hydrogen) atoms. The zero-order valence-electron chi connectivity index (χ0n) is 12.4. The SMILES string of the molecule is Cc1ccc(C(=O)CC2CN(C)CCN2C)cc1C. The summed E-state index contributed by atoms with van der Waals surface area (Å²) in [5.41, 5.74) is 3.29. The van der Waals surface area contributed by atoms with Crippen LogP contribution in [0.3, 0.4) is 0 Å². The van der Waals surface area contributed by atoms with Gasteiger partial charge < -0.3 is 9.80 Å². The lowest BCUT2D eigenvalue weighted by Gasteiger charge is -2.37. The number of ketones is 1. The van der Waals surface area contributed by atoms with E-state index in [9.17, 15) is 4.79 Å². The van der Waals surface area contributed by atoms with Crippen molar-refractivity contribution >= 4 is 5.78 Å². The highest BCUT2D eigenvalue weighted by molar-refractivity contribution is 5.96. The summed E-state index contributed by atoms with van der Waals surface area (Å²) >= 11 is 0. The molecule has 0 N–H and O–H groups in total. The Balaban J connectivity index is 2.05. The van der Waals surface area contributed by atoms with Crippen LogP contribution in [-0.2, 0) is 0 Å². The zero-order valence-corrected chi connectivity index (χ0v) is 12.4. The molecular weight excluding hydrogens is 236 g/mol. The number of piperazine rings is 1. The van der Waals surface area contributed by atoms with E-state index in [0.717, 1.165) is 25.2 Å². The second-order valence-electron chi connectivity index (χ2n) is 5.82. The van der Waals surface area contributed by atoms with Crippen LogP contribution >= 0.6 is 0 Å². The summed E-state index contributed by atoms with van der Waals surface area (Å²) in [5.74, 6) is 0.259. The first-order chi connectivity index (χ1) is 8.97. The number of Topliss-reactive ketones (excluding diaryl/α,β-unsaturated/α-hetero) is 1. The first-order valence-corrected chi connectivity index (χ1v) is 6.96. The van der Waals surface area contributed by atoms with E-state index in [-0.39, 0.29) is 5.78 Å². The summed E-state index contributed by atoms with van der Waals surface area (Å²) in [6.07, 6.45) is 0.614. The van der Waals surface area contributed by atoms with Crippen LogP contribution < -0.4 is 0 Å². The molecular formula is C16H24N2O. The Kier molecular flexibility index (Phi) is 4.38. The maximum atomic E-state index is 12.4. The minimum atomic E-state index is 0.259. The van der Waals surface area contributed by atoms with Gasteiger partial charge in [-0.1, -0.05) is 12.1 Å². The van der Waals surface area contributed by atoms with Crippen LogP contribution in [-0.4, -0.2) is 55.4 Å². The molecule has 0 aliphatic carbocycles. The minimum absolute atomic E-state index is 0.259. The van der Waals surface area contributed by atoms with E-state index in [0.29, 0.717) is 12.5 Å². The van der Waals surface area contributed by atoms with Crippen molar-refractivity contribution in [3.63, 3.8) is 0 Å². The summed E-state index contributed by atoms with van der Waals surface area (Å²) in [6.45, 7) is 7.25. The van der Waals surface area contributed by atoms with Gasteiger partial charge in [0.05, 0.1) is 0 Å². The summed E-state index contributed by atoms with van der Waals surface area (Å²) in [5, 5.41) is 0. The number of carbonyl (C=O) groups excluding carboxylic acids is 1. The molecule has 1 unspecified atom stereocenters. The van der Waals surface area contributed by atoms with Crippen LogP contribution in [0.15, 0.2) is 18.2 Å². The first-order valence-electron chi connectivity index (χ1n) is 6.96. The fourth-order valence-corrected chi connectivity index (χ4v) is 2.57. The topological polar surface area (TPSA) is 23.6 Å². The third kappa shape index (κ3) is 3.43. The molecule has 1 heterocycles. The number of carbonyl (C=O) groups is 1. The Morgan fingerprint density at radius 3 is 2.63 bits per heavy atom. The van der Waals surface area contributed by atoms with Gasteiger partial charge in [0.15, 0.2) is 5.78 Å². The third-order valence-corrected chi connectivity index (χ3v) is 4.23. The van der Waals surface area contributed by atoms with Gasteiger partial charge in [0, 0.05) is 37.7 Å². The maximum absolute atomic E-state index is 12.4. The van der Waals surface area contributed by atoms with Gasteiger partial charge in [-0.25, -0.2) is 0 Å². The van der Waals surface area contributed by atoms with Crippen LogP contribution in [0.2, 0.25) is 0 Å². The molecule has 0 bridgehead atoms. The molecule has 1 fully saturated rings. The molecule has 1 aromatic rings. The number of benzene rings is 1. The van der Waals surface area contributed by atoms with Gasteiger partial charge in [-0.15, -0.1) is 0 Å². The van der Waals surface area contributed by atoms with E-state index >= 15 is 0 Å². The normalized spacial score (nSPS) is 21.6. The molecule has 3 nitrogen and oxygen atoms in total. The Morgan fingerprint density at radius 2 is 1.95 bits per heavy atom. The number of aryl methyl sites for hydroxylation is 2. The Labute approximate surface area is 116 Å². The number of hydrogen-bond donors (Lipinski definition) is 0. The Bertz CT molecular complexity index is 470. The number of hydrogen-bond acceptors (Lipinski definition) is 3. The van der Waals surface area contributed by atoms with E-state index in [4.69, 9.17) is 0 Å². The van der Waals surface area contributed by atoms with Gasteiger partial charge in [-0.05, 0) is 45.1 Å². The van der Waals surface area contributed by atoms with Gasteiger partial charge in [0.1, 0.15) is 0 Å². The second-order valence-corrected chi connectivity index (χ2v) is 5.82. The number of rotatable bonds is 3. The third-order valence-electron chi connectivity index (χ3n) is 4.23. The monoisotopic (exact) mass is 260 g/mol. The van der Waals surface area contributed by atoms with Gasteiger partial charge in [0.2, 0.25) is 0 Å². The number of nitrogens with zero attached hydrogens (tertiary/aromatic N) is 2. The molecule has 0 spiro atoms. The first kappa shape index (κ1) is 14.2. The highest BCUT2D eigenvalue weighted by atomic mass is 16.1. The van der Waals surface area contributed by atoms with Crippen LogP contribution in [0.5, 0.6) is 0 Å². The van der Waals surface area contributed by atoms with E-state index in [1.807, 2.05) is 18.2 Å². The van der Waals surface area contributed by atoms with Crippen LogP contribution in [0.4, 0.5) is 0 Å². The predicted molar refractivity (Wildman–Crippen MR) is 78.8 cm³/mol. The molecule has 1 atom stereocenters. The summed E-state index contributed by atoms with van der Waals surface area (Å²) in [4.78, 5) is 17.0. The van der Waals surface area contributed by atoms with Crippen LogP contribution in [0.25, 0.3) is 0 Å². The van der Waals surface area contributed by atoms with Crippen LogP contribution in [0.1, 0.15) is 27.9 Å². The molecule has 0 aromatic heterocycles. The molecule has 3 heteroatoms. The van der Waals surface area contributed by atoms with Gasteiger partial charge in [-0.2, -0.15) is 0 Å². The van der Waals surface area contributed by atoms with Gasteiger partial charge >= 0.3 is 0 Å². The second kappa shape index (κ2) is 5.85.